The van der Waals surface area contributed by atoms with E-state index in [0.29, 0.717) is 0 Å². The maximum Gasteiger partial charge on any atom is 0.134 e. The molecule has 0 radical (unpaired) electrons. The first-order valence-electron chi connectivity index (χ1n) is 9.14. The molecule has 0 bridgehead atoms. The number of benzene rings is 1. The van der Waals surface area contributed by atoms with E-state index in [1.165, 1.54) is 11.1 Å². The predicted molar refractivity (Wildman–Crippen MR) is 101 cm³/mol. The zero-order valence-electron chi connectivity index (χ0n) is 15.7. The molecule has 0 unspecified atom stereocenters. The fraction of sp³-hybridized carbons (Fsp3) is 0.524. The smallest absolute Gasteiger partial charge is 0.134 e. The van der Waals surface area contributed by atoms with E-state index in [9.17, 15) is 5.11 Å². The highest BCUT2D eigenvalue weighted by Crippen LogP contribution is 2.33. The quantitative estimate of drug-likeness (QED) is 0.873. The van der Waals surface area contributed by atoms with Crippen LogP contribution in [0.5, 0.6) is 0 Å². The van der Waals surface area contributed by atoms with Gasteiger partial charge in [-0.3, -0.25) is 4.90 Å². The zero-order valence-corrected chi connectivity index (χ0v) is 15.7. The van der Waals surface area contributed by atoms with Crippen molar-refractivity contribution in [1.29, 1.82) is 0 Å². The topological polar surface area (TPSA) is 39.9 Å². The molecule has 1 aliphatic heterocycles. The molecule has 2 heterocycles. The molecular formula is C21H30N2O2. The molecule has 0 amide bonds. The zero-order chi connectivity index (χ0) is 17.9. The molecule has 4 nitrogen and oxygen atoms in total. The van der Waals surface area contributed by atoms with Crippen LogP contribution in [0.4, 0.5) is 0 Å². The van der Waals surface area contributed by atoms with Gasteiger partial charge in [0.25, 0.3) is 0 Å². The van der Waals surface area contributed by atoms with Crippen molar-refractivity contribution >= 4 is 0 Å². The van der Waals surface area contributed by atoms with E-state index in [2.05, 4.69) is 54.2 Å². The Morgan fingerprint density at radius 3 is 2.68 bits per heavy atom. The summed E-state index contributed by atoms with van der Waals surface area (Å²) in [5.41, 5.74) is 2.44. The summed E-state index contributed by atoms with van der Waals surface area (Å²) in [6.45, 7) is 6.08. The van der Waals surface area contributed by atoms with Crippen molar-refractivity contribution in [3.63, 3.8) is 0 Å². The standard InChI is InChI=1S/C21H30N2O2/c1-17-9-10-20(25-17)19-8-5-4-7-18(19)13-23-12-6-11-21(15-23,16-24)14-22(2)3/h4-5,7-10,24H,6,11-16H2,1-3H3/t21-/m1/s1. The number of aliphatic hydroxyl groups excluding tert-OH is 1. The molecule has 2 aromatic rings. The van der Waals surface area contributed by atoms with Crippen molar-refractivity contribution in [2.75, 3.05) is 40.3 Å². The summed E-state index contributed by atoms with van der Waals surface area (Å²) in [5, 5.41) is 10.0. The fourth-order valence-electron chi connectivity index (χ4n) is 4.14. The summed E-state index contributed by atoms with van der Waals surface area (Å²) in [6.07, 6.45) is 2.23. The maximum absolute atomic E-state index is 10.0. The molecule has 136 valence electrons. The Labute approximate surface area is 151 Å². The van der Waals surface area contributed by atoms with Gasteiger partial charge in [0.2, 0.25) is 0 Å². The van der Waals surface area contributed by atoms with Crippen LogP contribution in [0.1, 0.15) is 24.2 Å². The first kappa shape index (κ1) is 18.2. The van der Waals surface area contributed by atoms with Gasteiger partial charge in [-0.05, 0) is 58.1 Å². The lowest BCUT2D eigenvalue weighted by Gasteiger charge is -2.43. The van der Waals surface area contributed by atoms with Gasteiger partial charge in [0, 0.05) is 30.6 Å². The molecule has 0 saturated carbocycles. The van der Waals surface area contributed by atoms with Crippen LogP contribution in [0.3, 0.4) is 0 Å². The molecule has 1 fully saturated rings. The van der Waals surface area contributed by atoms with E-state index in [0.717, 1.165) is 50.5 Å². The van der Waals surface area contributed by atoms with Crippen molar-refractivity contribution in [2.45, 2.75) is 26.3 Å². The lowest BCUT2D eigenvalue weighted by atomic mass is 9.80. The lowest BCUT2D eigenvalue weighted by Crippen LogP contribution is -2.49. The van der Waals surface area contributed by atoms with Crippen LogP contribution in [-0.4, -0.2) is 55.2 Å². The molecule has 3 rings (SSSR count). The Kier molecular flexibility index (Phi) is 5.62. The minimum absolute atomic E-state index is 0.0159. The second-order valence-electron chi connectivity index (χ2n) is 7.78. The van der Waals surface area contributed by atoms with E-state index in [1.54, 1.807) is 0 Å². The summed E-state index contributed by atoms with van der Waals surface area (Å²) in [5.74, 6) is 1.87. The Hall–Kier alpha value is -1.62. The van der Waals surface area contributed by atoms with Crippen LogP contribution in [0.25, 0.3) is 11.3 Å². The first-order chi connectivity index (χ1) is 12.0. The highest BCUT2D eigenvalue weighted by atomic mass is 16.3. The molecule has 4 heteroatoms. The summed E-state index contributed by atoms with van der Waals surface area (Å²) in [6, 6.07) is 12.6. The lowest BCUT2D eigenvalue weighted by molar-refractivity contribution is 0.0106. The average molecular weight is 342 g/mol. The van der Waals surface area contributed by atoms with Crippen LogP contribution >= 0.6 is 0 Å². The molecule has 1 aliphatic rings. The highest BCUT2D eigenvalue weighted by molar-refractivity contribution is 5.62. The molecule has 0 spiro atoms. The summed E-state index contributed by atoms with van der Waals surface area (Å²) in [4.78, 5) is 4.68. The van der Waals surface area contributed by atoms with Gasteiger partial charge in [-0.2, -0.15) is 0 Å². The monoisotopic (exact) mass is 342 g/mol. The largest absolute Gasteiger partial charge is 0.461 e. The number of piperidine rings is 1. The van der Waals surface area contributed by atoms with Gasteiger partial charge in [0.1, 0.15) is 11.5 Å². The van der Waals surface area contributed by atoms with Crippen LogP contribution in [0.2, 0.25) is 0 Å². The molecule has 1 aromatic heterocycles. The number of rotatable bonds is 6. The maximum atomic E-state index is 10.0. The van der Waals surface area contributed by atoms with Gasteiger partial charge in [0.05, 0.1) is 6.61 Å². The van der Waals surface area contributed by atoms with Gasteiger partial charge in [0.15, 0.2) is 0 Å². The van der Waals surface area contributed by atoms with Gasteiger partial charge < -0.3 is 14.4 Å². The molecule has 1 atom stereocenters. The van der Waals surface area contributed by atoms with Gasteiger partial charge in [-0.25, -0.2) is 0 Å². The Balaban J connectivity index is 1.78. The Bertz CT molecular complexity index is 695. The van der Waals surface area contributed by atoms with Gasteiger partial charge >= 0.3 is 0 Å². The van der Waals surface area contributed by atoms with Crippen molar-refractivity contribution in [1.82, 2.24) is 9.80 Å². The van der Waals surface area contributed by atoms with Crippen molar-refractivity contribution < 1.29 is 9.52 Å². The summed E-state index contributed by atoms with van der Waals surface area (Å²) >= 11 is 0. The third-order valence-electron chi connectivity index (χ3n) is 5.14. The minimum atomic E-state index is -0.0159. The third-order valence-corrected chi connectivity index (χ3v) is 5.14. The highest BCUT2D eigenvalue weighted by Gasteiger charge is 2.35. The van der Waals surface area contributed by atoms with E-state index in [1.807, 2.05) is 13.0 Å². The SMILES string of the molecule is Cc1ccc(-c2ccccc2CN2CCC[C@@](CO)(CN(C)C)C2)o1. The summed E-state index contributed by atoms with van der Waals surface area (Å²) in [7, 11) is 4.18. The molecule has 1 N–H and O–H groups in total. The molecule has 1 saturated heterocycles. The van der Waals surface area contributed by atoms with E-state index >= 15 is 0 Å². The number of hydrogen-bond acceptors (Lipinski definition) is 4. The van der Waals surface area contributed by atoms with E-state index < -0.39 is 0 Å². The normalized spacial score (nSPS) is 21.8. The van der Waals surface area contributed by atoms with Crippen LogP contribution in [0, 0.1) is 12.3 Å². The summed E-state index contributed by atoms with van der Waals surface area (Å²) < 4.78 is 5.85. The van der Waals surface area contributed by atoms with Gasteiger partial charge in [-0.15, -0.1) is 0 Å². The predicted octanol–water partition coefficient (Wildman–Crippen LogP) is 3.39. The van der Waals surface area contributed by atoms with Crippen LogP contribution in [0.15, 0.2) is 40.8 Å². The number of aryl methyl sites for hydroxylation is 1. The second-order valence-corrected chi connectivity index (χ2v) is 7.78. The molecular weight excluding hydrogens is 312 g/mol. The van der Waals surface area contributed by atoms with Crippen LogP contribution < -0.4 is 0 Å². The number of nitrogens with zero attached hydrogens (tertiary/aromatic N) is 2. The van der Waals surface area contributed by atoms with Crippen molar-refractivity contribution in [2.24, 2.45) is 5.41 Å². The second kappa shape index (κ2) is 7.73. The third kappa shape index (κ3) is 4.32. The van der Waals surface area contributed by atoms with Crippen molar-refractivity contribution in [3.8, 4) is 11.3 Å². The average Bonchev–Trinajstić information content (AvgIpc) is 3.01. The Morgan fingerprint density at radius 2 is 2.00 bits per heavy atom. The van der Waals surface area contributed by atoms with Crippen LogP contribution in [-0.2, 0) is 6.54 Å². The van der Waals surface area contributed by atoms with E-state index in [-0.39, 0.29) is 12.0 Å². The molecule has 1 aromatic carbocycles. The minimum Gasteiger partial charge on any atom is -0.461 e. The van der Waals surface area contributed by atoms with Crippen molar-refractivity contribution in [3.05, 3.63) is 47.7 Å². The number of furan rings is 1. The number of likely N-dealkylation sites (tertiary alicyclic amines) is 1. The molecule has 25 heavy (non-hydrogen) atoms. The number of hydrogen-bond donors (Lipinski definition) is 1. The number of aliphatic hydroxyl groups is 1. The Morgan fingerprint density at radius 1 is 1.20 bits per heavy atom. The first-order valence-corrected chi connectivity index (χ1v) is 9.14. The van der Waals surface area contributed by atoms with Gasteiger partial charge in [-0.1, -0.05) is 24.3 Å². The molecule has 0 aliphatic carbocycles. The van der Waals surface area contributed by atoms with E-state index in [4.69, 9.17) is 4.42 Å². The fourth-order valence-corrected chi connectivity index (χ4v) is 4.14.